The van der Waals surface area contributed by atoms with Crippen LogP contribution in [0.2, 0.25) is 0 Å². The smallest absolute Gasteiger partial charge is 0.197 e. The van der Waals surface area contributed by atoms with E-state index in [1.54, 1.807) is 18.0 Å². The van der Waals surface area contributed by atoms with Gasteiger partial charge in [0.2, 0.25) is 0 Å². The summed E-state index contributed by atoms with van der Waals surface area (Å²) in [6.07, 6.45) is 4.78. The largest absolute Gasteiger partial charge is 0.493 e. The zero-order valence-corrected chi connectivity index (χ0v) is 21.8. The number of aromatic amines is 1. The topological polar surface area (TPSA) is 74.6 Å². The fourth-order valence-electron chi connectivity index (χ4n) is 4.92. The molecule has 5 heterocycles. The summed E-state index contributed by atoms with van der Waals surface area (Å²) >= 11 is 0. The lowest BCUT2D eigenvalue weighted by atomic mass is 9.92. The van der Waals surface area contributed by atoms with Crippen LogP contribution in [-0.2, 0) is 0 Å². The first kappa shape index (κ1) is 23.6. The van der Waals surface area contributed by atoms with Crippen molar-refractivity contribution in [3.05, 3.63) is 36.3 Å². The average Bonchev–Trinajstić information content (AvgIpc) is 3.46. The summed E-state index contributed by atoms with van der Waals surface area (Å²) in [6, 6.07) is 6.35. The van der Waals surface area contributed by atoms with Crippen LogP contribution in [0.5, 0.6) is 5.75 Å². The number of hydrogen-bond acceptors (Lipinski definition) is 6. The molecule has 1 aliphatic rings. The molecular formula is C27H37N7O. The molecule has 8 heteroatoms. The predicted molar refractivity (Wildman–Crippen MR) is 141 cm³/mol. The molecule has 5 rings (SSSR count). The van der Waals surface area contributed by atoms with Gasteiger partial charge in [-0.05, 0) is 42.5 Å². The maximum Gasteiger partial charge on any atom is 0.197 e. The van der Waals surface area contributed by atoms with E-state index < -0.39 is 0 Å². The standard InChI is InChI=1S/C27H37N7O/c1-18(2)23-24(19-15-21(35-6)26-28-17-29-34(26)16-19)30-20-7-8-22(31-25(20)23)33-13-11-32(12-14-33)10-9-27(3,4)5/h7-8,15-18,30H,9-14H2,1-6H3. The highest BCUT2D eigenvalue weighted by Crippen LogP contribution is 2.37. The van der Waals surface area contributed by atoms with Gasteiger partial charge in [0.25, 0.3) is 0 Å². The van der Waals surface area contributed by atoms with Gasteiger partial charge in [0.05, 0.1) is 23.8 Å². The monoisotopic (exact) mass is 475 g/mol. The molecule has 0 spiro atoms. The molecule has 0 unspecified atom stereocenters. The SMILES string of the molecule is COc1cc(-c2[nH]c3ccc(N4CCN(CCC(C)(C)C)CC4)nc3c2C(C)C)cn2ncnc12. The van der Waals surface area contributed by atoms with Crippen molar-refractivity contribution in [3.63, 3.8) is 0 Å². The van der Waals surface area contributed by atoms with Crippen LogP contribution < -0.4 is 9.64 Å². The molecule has 0 bridgehead atoms. The lowest BCUT2D eigenvalue weighted by molar-refractivity contribution is 0.217. The molecule has 0 radical (unpaired) electrons. The van der Waals surface area contributed by atoms with Crippen molar-refractivity contribution >= 4 is 22.5 Å². The van der Waals surface area contributed by atoms with E-state index in [-0.39, 0.29) is 0 Å². The number of methoxy groups -OCH3 is 1. The first-order valence-electron chi connectivity index (χ1n) is 12.6. The molecule has 1 N–H and O–H groups in total. The summed E-state index contributed by atoms with van der Waals surface area (Å²) in [6.45, 7) is 16.8. The Bertz CT molecular complexity index is 1320. The van der Waals surface area contributed by atoms with Crippen molar-refractivity contribution in [1.29, 1.82) is 0 Å². The number of H-pyrrole nitrogens is 1. The third-order valence-corrected chi connectivity index (χ3v) is 6.97. The molecule has 0 saturated carbocycles. The number of piperazine rings is 1. The predicted octanol–water partition coefficient (Wildman–Crippen LogP) is 4.96. The van der Waals surface area contributed by atoms with Crippen LogP contribution in [0.15, 0.2) is 30.7 Å². The zero-order valence-electron chi connectivity index (χ0n) is 21.8. The molecule has 0 atom stereocenters. The van der Waals surface area contributed by atoms with Crippen LogP contribution in [0.4, 0.5) is 5.82 Å². The zero-order chi connectivity index (χ0) is 24.7. The van der Waals surface area contributed by atoms with Gasteiger partial charge in [-0.25, -0.2) is 14.5 Å². The van der Waals surface area contributed by atoms with E-state index >= 15 is 0 Å². The minimum atomic E-state index is 0.299. The quantitative estimate of drug-likeness (QED) is 0.425. The molecule has 0 amide bonds. The molecule has 186 valence electrons. The molecule has 0 aliphatic carbocycles. The van der Waals surface area contributed by atoms with Gasteiger partial charge in [-0.1, -0.05) is 34.6 Å². The fourth-order valence-corrected chi connectivity index (χ4v) is 4.92. The van der Waals surface area contributed by atoms with Crippen molar-refractivity contribution in [2.24, 2.45) is 5.41 Å². The van der Waals surface area contributed by atoms with E-state index in [4.69, 9.17) is 9.72 Å². The highest BCUT2D eigenvalue weighted by Gasteiger charge is 2.23. The Morgan fingerprint density at radius 2 is 1.89 bits per heavy atom. The van der Waals surface area contributed by atoms with E-state index in [2.05, 4.69) is 71.6 Å². The van der Waals surface area contributed by atoms with Crippen LogP contribution in [0, 0.1) is 5.41 Å². The van der Waals surface area contributed by atoms with Crippen LogP contribution in [0.3, 0.4) is 0 Å². The summed E-state index contributed by atoms with van der Waals surface area (Å²) in [5, 5.41) is 4.34. The van der Waals surface area contributed by atoms with E-state index in [1.807, 2.05) is 12.3 Å². The molecule has 8 nitrogen and oxygen atoms in total. The molecule has 0 aromatic carbocycles. The second-order valence-electron chi connectivity index (χ2n) is 11.1. The van der Waals surface area contributed by atoms with Crippen LogP contribution >= 0.6 is 0 Å². The van der Waals surface area contributed by atoms with Crippen molar-refractivity contribution in [1.82, 2.24) is 29.5 Å². The summed E-state index contributed by atoms with van der Waals surface area (Å²) in [4.78, 5) is 18.1. The van der Waals surface area contributed by atoms with Gasteiger partial charge in [-0.2, -0.15) is 5.10 Å². The van der Waals surface area contributed by atoms with Crippen LogP contribution in [0.25, 0.3) is 27.9 Å². The second kappa shape index (κ2) is 9.15. The minimum absolute atomic E-state index is 0.299. The van der Waals surface area contributed by atoms with Gasteiger partial charge in [-0.3, -0.25) is 4.90 Å². The number of anilines is 1. The normalized spacial score (nSPS) is 15.6. The summed E-state index contributed by atoms with van der Waals surface area (Å²) < 4.78 is 7.37. The lowest BCUT2D eigenvalue weighted by Crippen LogP contribution is -2.47. The van der Waals surface area contributed by atoms with E-state index in [0.717, 1.165) is 54.3 Å². The Balaban J connectivity index is 1.45. The summed E-state index contributed by atoms with van der Waals surface area (Å²) in [5.74, 6) is 2.06. The number of nitrogens with one attached hydrogen (secondary N) is 1. The number of fused-ring (bicyclic) bond motifs is 2. The highest BCUT2D eigenvalue weighted by molar-refractivity contribution is 5.90. The second-order valence-corrected chi connectivity index (χ2v) is 11.1. The van der Waals surface area contributed by atoms with Crippen molar-refractivity contribution in [2.75, 3.05) is 44.7 Å². The van der Waals surface area contributed by atoms with Gasteiger partial charge in [-0.15, -0.1) is 0 Å². The van der Waals surface area contributed by atoms with E-state index in [9.17, 15) is 0 Å². The third kappa shape index (κ3) is 4.72. The number of nitrogens with zero attached hydrogens (tertiary/aromatic N) is 6. The Labute approximate surface area is 207 Å². The molecule has 1 fully saturated rings. The maximum absolute atomic E-state index is 5.60. The molecular weight excluding hydrogens is 438 g/mol. The van der Waals surface area contributed by atoms with Gasteiger partial charge in [0, 0.05) is 43.5 Å². The van der Waals surface area contributed by atoms with E-state index in [1.165, 1.54) is 18.5 Å². The fraction of sp³-hybridized carbons (Fsp3) is 0.519. The minimum Gasteiger partial charge on any atom is -0.493 e. The number of pyridine rings is 2. The maximum atomic E-state index is 5.60. The molecule has 35 heavy (non-hydrogen) atoms. The summed E-state index contributed by atoms with van der Waals surface area (Å²) in [7, 11) is 1.67. The van der Waals surface area contributed by atoms with Crippen molar-refractivity contribution in [3.8, 4) is 17.0 Å². The van der Waals surface area contributed by atoms with Crippen LogP contribution in [-0.4, -0.2) is 69.3 Å². The van der Waals surface area contributed by atoms with Gasteiger partial charge in [0.15, 0.2) is 11.4 Å². The summed E-state index contributed by atoms with van der Waals surface area (Å²) in [5.41, 5.74) is 6.46. The molecule has 4 aromatic heterocycles. The van der Waals surface area contributed by atoms with Crippen molar-refractivity contribution in [2.45, 2.75) is 47.0 Å². The molecule has 1 aliphatic heterocycles. The molecule has 1 saturated heterocycles. The Morgan fingerprint density at radius 1 is 1.11 bits per heavy atom. The Kier molecular flexibility index (Phi) is 6.17. The first-order valence-corrected chi connectivity index (χ1v) is 12.6. The Hall–Kier alpha value is -3.13. The Morgan fingerprint density at radius 3 is 2.57 bits per heavy atom. The molecule has 4 aromatic rings. The van der Waals surface area contributed by atoms with Gasteiger partial charge < -0.3 is 14.6 Å². The van der Waals surface area contributed by atoms with Crippen molar-refractivity contribution < 1.29 is 4.74 Å². The number of ether oxygens (including phenoxy) is 1. The van der Waals surface area contributed by atoms with Crippen LogP contribution in [0.1, 0.15) is 52.5 Å². The average molecular weight is 476 g/mol. The third-order valence-electron chi connectivity index (χ3n) is 6.97. The number of hydrogen-bond donors (Lipinski definition) is 1. The van der Waals surface area contributed by atoms with Gasteiger partial charge in [0.1, 0.15) is 12.1 Å². The number of aromatic nitrogens is 5. The lowest BCUT2D eigenvalue weighted by Gasteiger charge is -2.36. The highest BCUT2D eigenvalue weighted by atomic mass is 16.5. The first-order chi connectivity index (χ1) is 16.7. The van der Waals surface area contributed by atoms with E-state index in [0.29, 0.717) is 22.7 Å². The number of rotatable bonds is 6. The van der Waals surface area contributed by atoms with Gasteiger partial charge >= 0.3 is 0 Å².